The fraction of sp³-hybridized carbons (Fsp3) is 0.500. The summed E-state index contributed by atoms with van der Waals surface area (Å²) in [4.78, 5) is 26.1. The van der Waals surface area contributed by atoms with Crippen molar-refractivity contribution in [3.05, 3.63) is 75.9 Å². The SMILES string of the molecule is CCC(O)(C=Cc1ccc(C(CC)(CC)c2ccc(C(=O)N(C)C(C)(C)C(=O)O)c(C)c2)cc1C)CC. The molecule has 0 aliphatic carbocycles. The molecule has 0 fully saturated rings. The number of aliphatic hydroxyl groups is 1. The first-order valence-corrected chi connectivity index (χ1v) is 13.4. The van der Waals surface area contributed by atoms with Crippen LogP contribution in [0.3, 0.4) is 0 Å². The summed E-state index contributed by atoms with van der Waals surface area (Å²) in [6.45, 7) is 15.4. The van der Waals surface area contributed by atoms with E-state index < -0.39 is 17.1 Å². The first-order valence-electron chi connectivity index (χ1n) is 13.4. The Balaban J connectivity index is 2.50. The van der Waals surface area contributed by atoms with Gasteiger partial charge in [0.25, 0.3) is 5.91 Å². The van der Waals surface area contributed by atoms with Crippen LogP contribution in [0, 0.1) is 13.8 Å². The Morgan fingerprint density at radius 1 is 0.865 bits per heavy atom. The third-order valence-corrected chi connectivity index (χ3v) is 8.50. The molecule has 0 atom stereocenters. The van der Waals surface area contributed by atoms with Crippen LogP contribution in [-0.4, -0.2) is 45.2 Å². The molecule has 0 saturated heterocycles. The number of amides is 1. The number of rotatable bonds is 11. The van der Waals surface area contributed by atoms with Gasteiger partial charge in [-0.15, -0.1) is 0 Å². The minimum Gasteiger partial charge on any atom is -0.480 e. The number of carboxylic acid groups (broad SMARTS) is 1. The molecular formula is C32H45NO4. The number of carboxylic acids is 1. The van der Waals surface area contributed by atoms with Crippen LogP contribution in [0.25, 0.3) is 6.08 Å². The van der Waals surface area contributed by atoms with Gasteiger partial charge in [-0.25, -0.2) is 4.79 Å². The Morgan fingerprint density at radius 2 is 1.38 bits per heavy atom. The first-order chi connectivity index (χ1) is 17.2. The van der Waals surface area contributed by atoms with Gasteiger partial charge >= 0.3 is 5.97 Å². The molecule has 37 heavy (non-hydrogen) atoms. The number of carbonyl (C=O) groups is 2. The van der Waals surface area contributed by atoms with Crippen LogP contribution in [0.2, 0.25) is 0 Å². The summed E-state index contributed by atoms with van der Waals surface area (Å²) in [5, 5.41) is 20.2. The van der Waals surface area contributed by atoms with E-state index in [9.17, 15) is 19.8 Å². The summed E-state index contributed by atoms with van der Waals surface area (Å²) in [5.41, 5.74) is 3.62. The molecule has 5 heteroatoms. The van der Waals surface area contributed by atoms with Crippen molar-refractivity contribution in [3.63, 3.8) is 0 Å². The molecule has 2 rings (SSSR count). The molecule has 5 nitrogen and oxygen atoms in total. The van der Waals surface area contributed by atoms with Crippen molar-refractivity contribution in [1.82, 2.24) is 4.90 Å². The zero-order chi connectivity index (χ0) is 28.2. The summed E-state index contributed by atoms with van der Waals surface area (Å²) in [6.07, 6.45) is 7.06. The van der Waals surface area contributed by atoms with E-state index in [1.165, 1.54) is 31.4 Å². The van der Waals surface area contributed by atoms with E-state index in [-0.39, 0.29) is 11.3 Å². The zero-order valence-corrected chi connectivity index (χ0v) is 24.1. The van der Waals surface area contributed by atoms with Gasteiger partial charge < -0.3 is 15.1 Å². The summed E-state index contributed by atoms with van der Waals surface area (Å²) >= 11 is 0. The highest BCUT2D eigenvalue weighted by atomic mass is 16.4. The van der Waals surface area contributed by atoms with Crippen molar-refractivity contribution in [1.29, 1.82) is 0 Å². The molecule has 0 saturated carbocycles. The number of aryl methyl sites for hydroxylation is 2. The highest BCUT2D eigenvalue weighted by Crippen LogP contribution is 2.40. The Morgan fingerprint density at radius 3 is 1.81 bits per heavy atom. The molecule has 0 heterocycles. The van der Waals surface area contributed by atoms with E-state index in [2.05, 4.69) is 45.0 Å². The van der Waals surface area contributed by atoms with Gasteiger partial charge in [-0.3, -0.25) is 4.79 Å². The van der Waals surface area contributed by atoms with Gasteiger partial charge in [0.2, 0.25) is 0 Å². The van der Waals surface area contributed by atoms with Crippen molar-refractivity contribution in [2.75, 3.05) is 7.05 Å². The van der Waals surface area contributed by atoms with Crippen LogP contribution in [0.5, 0.6) is 0 Å². The molecule has 0 spiro atoms. The minimum absolute atomic E-state index is 0.223. The van der Waals surface area contributed by atoms with E-state index in [4.69, 9.17) is 0 Å². The highest BCUT2D eigenvalue weighted by molar-refractivity contribution is 5.98. The van der Waals surface area contributed by atoms with Crippen molar-refractivity contribution < 1.29 is 19.8 Å². The number of hydrogen-bond acceptors (Lipinski definition) is 3. The average Bonchev–Trinajstić information content (AvgIpc) is 2.88. The van der Waals surface area contributed by atoms with Crippen molar-refractivity contribution >= 4 is 18.0 Å². The van der Waals surface area contributed by atoms with Crippen LogP contribution < -0.4 is 0 Å². The lowest BCUT2D eigenvalue weighted by molar-refractivity contribution is -0.147. The maximum Gasteiger partial charge on any atom is 0.329 e. The number of likely N-dealkylation sites (N-methyl/N-ethyl adjacent to an activating group) is 1. The van der Waals surface area contributed by atoms with E-state index >= 15 is 0 Å². The number of benzene rings is 2. The Kier molecular flexibility index (Phi) is 9.53. The largest absolute Gasteiger partial charge is 0.480 e. The summed E-state index contributed by atoms with van der Waals surface area (Å²) in [7, 11) is 1.53. The van der Waals surface area contributed by atoms with Crippen molar-refractivity contribution in [2.45, 2.75) is 97.6 Å². The fourth-order valence-electron chi connectivity index (χ4n) is 4.90. The third-order valence-electron chi connectivity index (χ3n) is 8.50. The van der Waals surface area contributed by atoms with Crippen molar-refractivity contribution in [3.8, 4) is 0 Å². The molecule has 2 N–H and O–H groups in total. The second kappa shape index (κ2) is 11.6. The van der Waals surface area contributed by atoms with E-state index in [0.29, 0.717) is 18.4 Å². The van der Waals surface area contributed by atoms with Crippen LogP contribution in [0.15, 0.2) is 42.5 Å². The van der Waals surface area contributed by atoms with E-state index in [0.717, 1.165) is 35.1 Å². The smallest absolute Gasteiger partial charge is 0.329 e. The van der Waals surface area contributed by atoms with Gasteiger partial charge in [0.1, 0.15) is 5.54 Å². The second-order valence-electron chi connectivity index (χ2n) is 10.8. The van der Waals surface area contributed by atoms with E-state index in [1.807, 2.05) is 45.1 Å². The molecule has 0 radical (unpaired) electrons. The zero-order valence-electron chi connectivity index (χ0n) is 24.1. The molecule has 0 aliphatic heterocycles. The third kappa shape index (κ3) is 5.98. The topological polar surface area (TPSA) is 77.8 Å². The molecule has 0 aromatic heterocycles. The molecular weight excluding hydrogens is 462 g/mol. The predicted octanol–water partition coefficient (Wildman–Crippen LogP) is 6.91. The second-order valence-corrected chi connectivity index (χ2v) is 10.8. The number of hydrogen-bond donors (Lipinski definition) is 2. The maximum atomic E-state index is 13.2. The average molecular weight is 508 g/mol. The van der Waals surface area contributed by atoms with Gasteiger partial charge in [-0.2, -0.15) is 0 Å². The monoisotopic (exact) mass is 507 g/mol. The Hall–Kier alpha value is -2.92. The lowest BCUT2D eigenvalue weighted by Crippen LogP contribution is -2.50. The van der Waals surface area contributed by atoms with Gasteiger partial charge in [-0.1, -0.05) is 70.2 Å². The molecule has 2 aromatic carbocycles. The molecule has 202 valence electrons. The van der Waals surface area contributed by atoms with E-state index in [1.54, 1.807) is 0 Å². The van der Waals surface area contributed by atoms with Gasteiger partial charge in [0.05, 0.1) is 5.60 Å². The predicted molar refractivity (Wildman–Crippen MR) is 152 cm³/mol. The molecule has 0 unspecified atom stereocenters. The lowest BCUT2D eigenvalue weighted by Gasteiger charge is -2.35. The molecule has 0 bridgehead atoms. The summed E-state index contributed by atoms with van der Waals surface area (Å²) < 4.78 is 0. The molecule has 1 amide bonds. The molecule has 0 aliphatic rings. The highest BCUT2D eigenvalue weighted by Gasteiger charge is 2.37. The van der Waals surface area contributed by atoms with Crippen LogP contribution >= 0.6 is 0 Å². The number of nitrogens with zero attached hydrogens (tertiary/aromatic N) is 1. The Bertz CT molecular complexity index is 1150. The summed E-state index contributed by atoms with van der Waals surface area (Å²) in [6, 6.07) is 12.5. The number of aliphatic carboxylic acids is 1. The first kappa shape index (κ1) is 30.3. The summed E-state index contributed by atoms with van der Waals surface area (Å²) in [5.74, 6) is -1.35. The fourth-order valence-corrected chi connectivity index (χ4v) is 4.90. The normalized spacial score (nSPS) is 12.7. The van der Waals surface area contributed by atoms with Crippen LogP contribution in [-0.2, 0) is 10.2 Å². The standard InChI is InChI=1S/C32H45NO4/c1-10-31(37,11-2)19-18-24-14-15-25(20-22(24)5)32(12-3,13-4)26-16-17-27(23(6)21-26)28(34)33(9)30(7,8)29(35)36/h14-21,37H,10-13H2,1-9H3,(H,35,36). The van der Waals surface area contributed by atoms with Gasteiger partial charge in [0, 0.05) is 18.0 Å². The maximum absolute atomic E-state index is 13.2. The van der Waals surface area contributed by atoms with Gasteiger partial charge in [-0.05, 0) is 87.3 Å². The quantitative estimate of drug-likeness (QED) is 0.346. The Labute approximate surface area is 223 Å². The van der Waals surface area contributed by atoms with Crippen LogP contribution in [0.1, 0.15) is 105 Å². The lowest BCUT2D eigenvalue weighted by atomic mass is 9.69. The van der Waals surface area contributed by atoms with Gasteiger partial charge in [0.15, 0.2) is 0 Å². The number of carbonyl (C=O) groups excluding carboxylic acids is 1. The molecule has 2 aromatic rings. The minimum atomic E-state index is -1.31. The van der Waals surface area contributed by atoms with Crippen molar-refractivity contribution in [2.24, 2.45) is 0 Å². The van der Waals surface area contributed by atoms with Crippen LogP contribution in [0.4, 0.5) is 0 Å².